The van der Waals surface area contributed by atoms with E-state index in [2.05, 4.69) is 24.1 Å². The summed E-state index contributed by atoms with van der Waals surface area (Å²) in [7, 11) is 1.59. The highest BCUT2D eigenvalue weighted by atomic mass is 16.4. The fourth-order valence-corrected chi connectivity index (χ4v) is 4.58. The van der Waals surface area contributed by atoms with Crippen LogP contribution in [0.5, 0.6) is 0 Å². The molecule has 2 aromatic carbocycles. The number of amides is 2. The lowest BCUT2D eigenvalue weighted by Gasteiger charge is -2.31. The van der Waals surface area contributed by atoms with Crippen molar-refractivity contribution in [3.05, 3.63) is 82.9 Å². The second kappa shape index (κ2) is 20.2. The molecule has 1 saturated heterocycles. The number of carboxylic acid groups (broad SMARTS) is 1. The summed E-state index contributed by atoms with van der Waals surface area (Å²) in [5.41, 5.74) is 2.84. The van der Waals surface area contributed by atoms with E-state index in [0.717, 1.165) is 17.2 Å². The van der Waals surface area contributed by atoms with E-state index in [4.69, 9.17) is 5.11 Å². The minimum atomic E-state index is -1.01. The minimum Gasteiger partial charge on any atom is -0.478 e. The van der Waals surface area contributed by atoms with Crippen molar-refractivity contribution < 1.29 is 24.3 Å². The lowest BCUT2D eigenvalue weighted by molar-refractivity contribution is -0.133. The Morgan fingerprint density at radius 3 is 2.00 bits per heavy atom. The highest BCUT2D eigenvalue weighted by Crippen LogP contribution is 2.14. The number of nitrogens with one attached hydrogen (secondary N) is 1. The van der Waals surface area contributed by atoms with Gasteiger partial charge in [-0.15, -0.1) is 0 Å². The van der Waals surface area contributed by atoms with E-state index >= 15 is 0 Å². The first kappa shape index (κ1) is 37.2. The van der Waals surface area contributed by atoms with E-state index in [9.17, 15) is 19.2 Å². The number of aliphatic carboxylic acids is 1. The third kappa shape index (κ3) is 13.8. The zero-order valence-electron chi connectivity index (χ0n) is 27.0. The third-order valence-corrected chi connectivity index (χ3v) is 7.57. The minimum absolute atomic E-state index is 0.0736. The Kier molecular flexibility index (Phi) is 17.5. The Labute approximate surface area is 258 Å². The summed E-state index contributed by atoms with van der Waals surface area (Å²) < 4.78 is 0. The van der Waals surface area contributed by atoms with Crippen LogP contribution in [0.15, 0.2) is 66.2 Å². The number of aryl methyl sites for hydroxylation is 1. The van der Waals surface area contributed by atoms with Crippen molar-refractivity contribution in [2.24, 2.45) is 5.92 Å². The van der Waals surface area contributed by atoms with Gasteiger partial charge in [0.25, 0.3) is 0 Å². The summed E-state index contributed by atoms with van der Waals surface area (Å²) in [4.78, 5) is 48.7. The zero-order valence-corrected chi connectivity index (χ0v) is 27.0. The molecule has 0 spiro atoms. The number of benzene rings is 2. The van der Waals surface area contributed by atoms with E-state index in [0.29, 0.717) is 6.41 Å². The summed E-state index contributed by atoms with van der Waals surface area (Å²) in [6.07, 6.45) is 7.60. The Morgan fingerprint density at radius 1 is 0.953 bits per heavy atom. The van der Waals surface area contributed by atoms with Gasteiger partial charge in [-0.2, -0.15) is 0 Å². The Hall–Kier alpha value is -3.78. The third-order valence-electron chi connectivity index (χ3n) is 7.57. The molecule has 0 aliphatic carbocycles. The van der Waals surface area contributed by atoms with Gasteiger partial charge in [-0.05, 0) is 59.0 Å². The number of ketones is 1. The number of likely N-dealkylation sites (N-methyl/N-ethyl adjacent to an activating group) is 1. The largest absolute Gasteiger partial charge is 0.478 e. The van der Waals surface area contributed by atoms with Crippen molar-refractivity contribution >= 4 is 24.1 Å². The number of hydrogen-bond donors (Lipinski definition) is 2. The molecule has 2 aromatic rings. The van der Waals surface area contributed by atoms with Gasteiger partial charge in [-0.3, -0.25) is 14.4 Å². The van der Waals surface area contributed by atoms with Crippen LogP contribution in [0.25, 0.3) is 0 Å². The van der Waals surface area contributed by atoms with Crippen molar-refractivity contribution in [1.82, 2.24) is 15.1 Å². The van der Waals surface area contributed by atoms with Crippen LogP contribution in [0.3, 0.4) is 0 Å². The lowest BCUT2D eigenvalue weighted by Crippen LogP contribution is -2.43. The van der Waals surface area contributed by atoms with E-state index in [1.165, 1.54) is 56.2 Å². The maximum atomic E-state index is 12.0. The molecule has 1 aliphatic rings. The first-order chi connectivity index (χ1) is 20.4. The van der Waals surface area contributed by atoms with Crippen LogP contribution in [0, 0.1) is 12.8 Å². The average Bonchev–Trinajstić information content (AvgIpc) is 3.02. The van der Waals surface area contributed by atoms with Crippen molar-refractivity contribution in [2.75, 3.05) is 26.7 Å². The standard InChI is InChI=1S/C14H12O.C12H20N2O4.C9H19N/c1-11-7-9-13(10-8-11)14(15)12-5-3-2-4-6-12;1-8(2)10(5-9(3)12(17)18)14(4)11(16)6-13-7-15;1-3-9(2)10-7-5-4-6-8-10/h2-10H,1H3;5,7-8,10H,6H2,1-4H3,(H,13,15)(H,17,18);9H,3-8H2,1-2H3/b;9-5+;/t;10-;/m.1./s1. The molecule has 8 heteroatoms. The van der Waals surface area contributed by atoms with Crippen LogP contribution < -0.4 is 5.32 Å². The molecule has 2 N–H and O–H groups in total. The number of piperidine rings is 1. The fourth-order valence-electron chi connectivity index (χ4n) is 4.58. The summed E-state index contributed by atoms with van der Waals surface area (Å²) in [5, 5.41) is 11.1. The number of carbonyl (C=O) groups is 4. The van der Waals surface area contributed by atoms with Crippen LogP contribution >= 0.6 is 0 Å². The summed E-state index contributed by atoms with van der Waals surface area (Å²) in [5.74, 6) is -1.12. The molecule has 236 valence electrons. The molecule has 2 amide bonds. The van der Waals surface area contributed by atoms with Crippen LogP contribution in [0.2, 0.25) is 0 Å². The second-order valence-electron chi connectivity index (χ2n) is 11.3. The molecule has 1 aliphatic heterocycles. The van der Waals surface area contributed by atoms with Gasteiger partial charge >= 0.3 is 5.97 Å². The molecule has 1 unspecified atom stereocenters. The Morgan fingerprint density at radius 2 is 1.51 bits per heavy atom. The predicted octanol–water partition coefficient (Wildman–Crippen LogP) is 5.74. The highest BCUT2D eigenvalue weighted by molar-refractivity contribution is 6.08. The predicted molar refractivity (Wildman–Crippen MR) is 173 cm³/mol. The Bertz CT molecular complexity index is 1160. The van der Waals surface area contributed by atoms with E-state index in [-0.39, 0.29) is 35.8 Å². The smallest absolute Gasteiger partial charge is 0.331 e. The Balaban J connectivity index is 0.000000334. The van der Waals surface area contributed by atoms with Gasteiger partial charge in [0.2, 0.25) is 12.3 Å². The molecule has 8 nitrogen and oxygen atoms in total. The van der Waals surface area contributed by atoms with Gasteiger partial charge in [0.1, 0.15) is 0 Å². The zero-order chi connectivity index (χ0) is 32.4. The van der Waals surface area contributed by atoms with Crippen LogP contribution in [0.1, 0.15) is 81.8 Å². The molecular weight excluding hydrogens is 542 g/mol. The van der Waals surface area contributed by atoms with Gasteiger partial charge in [0, 0.05) is 29.8 Å². The molecule has 0 bridgehead atoms. The van der Waals surface area contributed by atoms with Crippen LogP contribution in [-0.4, -0.2) is 77.7 Å². The number of carbonyl (C=O) groups excluding carboxylic acids is 3. The average molecular weight is 594 g/mol. The number of carboxylic acids is 1. The molecular formula is C35H51N3O5. The lowest BCUT2D eigenvalue weighted by atomic mass is 10.00. The SMILES string of the molecule is C/C(=C\[C@H](C(C)C)N(C)C(=O)CNC=O)C(=O)O.CCC(C)N1CCCCC1.Cc1ccc(C(=O)c2ccccc2)cc1. The van der Waals surface area contributed by atoms with Crippen LogP contribution in [-0.2, 0) is 14.4 Å². The van der Waals surface area contributed by atoms with Gasteiger partial charge in [0.15, 0.2) is 5.78 Å². The highest BCUT2D eigenvalue weighted by Gasteiger charge is 2.22. The second-order valence-corrected chi connectivity index (χ2v) is 11.3. The van der Waals surface area contributed by atoms with Gasteiger partial charge in [-0.1, -0.05) is 93.4 Å². The molecule has 3 rings (SSSR count). The van der Waals surface area contributed by atoms with Crippen molar-refractivity contribution in [3.8, 4) is 0 Å². The van der Waals surface area contributed by atoms with E-state index in [1.54, 1.807) is 13.1 Å². The molecule has 0 radical (unpaired) electrons. The normalized spacial score (nSPS) is 14.7. The monoisotopic (exact) mass is 593 g/mol. The summed E-state index contributed by atoms with van der Waals surface area (Å²) in [6.45, 7) is 14.5. The molecule has 2 atom stereocenters. The van der Waals surface area contributed by atoms with E-state index in [1.807, 2.05) is 75.4 Å². The summed E-state index contributed by atoms with van der Waals surface area (Å²) in [6, 6.07) is 17.5. The number of rotatable bonds is 11. The van der Waals surface area contributed by atoms with Crippen molar-refractivity contribution in [1.29, 1.82) is 0 Å². The molecule has 43 heavy (non-hydrogen) atoms. The van der Waals surface area contributed by atoms with Gasteiger partial charge in [0.05, 0.1) is 12.6 Å². The van der Waals surface area contributed by atoms with Gasteiger partial charge in [-0.25, -0.2) is 4.79 Å². The molecule has 1 fully saturated rings. The van der Waals surface area contributed by atoms with Crippen molar-refractivity contribution in [2.45, 2.75) is 79.3 Å². The number of likely N-dealkylation sites (tertiary alicyclic amines) is 1. The van der Waals surface area contributed by atoms with Gasteiger partial charge < -0.3 is 20.2 Å². The molecule has 0 aromatic heterocycles. The van der Waals surface area contributed by atoms with E-state index < -0.39 is 5.97 Å². The maximum absolute atomic E-state index is 12.0. The first-order valence-corrected chi connectivity index (χ1v) is 15.2. The topological polar surface area (TPSA) is 107 Å². The first-order valence-electron chi connectivity index (χ1n) is 15.2. The van der Waals surface area contributed by atoms with Crippen molar-refractivity contribution in [3.63, 3.8) is 0 Å². The quantitative estimate of drug-likeness (QED) is 0.195. The fraction of sp³-hybridized carbons (Fsp3) is 0.486. The van der Waals surface area contributed by atoms with Crippen LogP contribution in [0.4, 0.5) is 0 Å². The maximum Gasteiger partial charge on any atom is 0.331 e. The number of nitrogens with zero attached hydrogens (tertiary/aromatic N) is 2. The summed E-state index contributed by atoms with van der Waals surface area (Å²) >= 11 is 0. The molecule has 1 heterocycles. The molecule has 0 saturated carbocycles. The number of hydrogen-bond acceptors (Lipinski definition) is 5.